The number of thiophene rings is 1. The lowest BCUT2D eigenvalue weighted by molar-refractivity contribution is -0.0917. The number of urea groups is 1. The molecule has 2 aliphatic rings. The minimum Gasteiger partial charge on any atom is -0.497 e. The van der Waals surface area contributed by atoms with E-state index >= 15 is 0 Å². The molecule has 0 saturated carbocycles. The number of hydrogen-bond acceptors (Lipinski definition) is 5. The van der Waals surface area contributed by atoms with Gasteiger partial charge in [-0.25, -0.2) is 9.59 Å². The van der Waals surface area contributed by atoms with E-state index < -0.39 is 11.6 Å². The average Bonchev–Trinajstić information content (AvgIpc) is 3.21. The molecule has 2 aromatic rings. The van der Waals surface area contributed by atoms with Crippen molar-refractivity contribution >= 4 is 23.3 Å². The molecule has 1 aromatic heterocycles. The minimum atomic E-state index is -0.895. The fourth-order valence-electron chi connectivity index (χ4n) is 4.26. The van der Waals surface area contributed by atoms with Crippen LogP contribution >= 0.6 is 11.3 Å². The van der Waals surface area contributed by atoms with E-state index in [4.69, 9.17) is 9.47 Å². The van der Waals surface area contributed by atoms with Gasteiger partial charge in [-0.2, -0.15) is 0 Å². The largest absolute Gasteiger partial charge is 0.497 e. The quantitative estimate of drug-likeness (QED) is 0.771. The third-order valence-corrected chi connectivity index (χ3v) is 7.22. The Morgan fingerprint density at radius 1 is 1.27 bits per heavy atom. The van der Waals surface area contributed by atoms with Crippen LogP contribution in [-0.4, -0.2) is 48.8 Å². The average molecular weight is 431 g/mol. The number of ether oxygens (including phenoxy) is 2. The Kier molecular flexibility index (Phi) is 5.71. The molecule has 7 nitrogen and oxygen atoms in total. The number of amides is 2. The second kappa shape index (κ2) is 8.28. The Labute approximate surface area is 179 Å². The molecule has 8 heteroatoms. The molecule has 1 atom stereocenters. The van der Waals surface area contributed by atoms with E-state index in [1.807, 2.05) is 36.1 Å². The van der Waals surface area contributed by atoms with Crippen LogP contribution in [-0.2, 0) is 16.8 Å². The Balaban J connectivity index is 1.40. The van der Waals surface area contributed by atoms with Crippen LogP contribution in [0, 0.1) is 0 Å². The van der Waals surface area contributed by atoms with Gasteiger partial charge in [0, 0.05) is 24.4 Å². The fraction of sp³-hybridized carbons (Fsp3) is 0.455. The molecule has 0 aliphatic carbocycles. The number of rotatable bonds is 4. The molecule has 1 aromatic carbocycles. The number of likely N-dealkylation sites (tertiary alicyclic amines) is 1. The van der Waals surface area contributed by atoms with Crippen LogP contribution in [0.2, 0.25) is 0 Å². The minimum absolute atomic E-state index is 0.0965. The molecular formula is C22H26N2O5S. The van der Waals surface area contributed by atoms with Crippen molar-refractivity contribution in [1.29, 1.82) is 0 Å². The molecule has 0 radical (unpaired) electrons. The van der Waals surface area contributed by atoms with Crippen LogP contribution in [0.15, 0.2) is 30.3 Å². The van der Waals surface area contributed by atoms with Crippen molar-refractivity contribution in [2.45, 2.75) is 37.8 Å². The first-order chi connectivity index (χ1) is 14.4. The normalized spacial score (nSPS) is 18.5. The van der Waals surface area contributed by atoms with Gasteiger partial charge in [-0.3, -0.25) is 0 Å². The predicted molar refractivity (Wildman–Crippen MR) is 113 cm³/mol. The lowest BCUT2D eigenvalue weighted by Crippen LogP contribution is -2.51. The van der Waals surface area contributed by atoms with Gasteiger partial charge in [0.15, 0.2) is 0 Å². The lowest BCUT2D eigenvalue weighted by Gasteiger charge is -2.44. The highest BCUT2D eigenvalue weighted by Crippen LogP contribution is 2.44. The number of piperidine rings is 1. The van der Waals surface area contributed by atoms with Gasteiger partial charge in [0.25, 0.3) is 0 Å². The number of carboxylic acid groups (broad SMARTS) is 1. The van der Waals surface area contributed by atoms with Gasteiger partial charge in [0.1, 0.15) is 10.6 Å². The van der Waals surface area contributed by atoms with E-state index in [1.165, 1.54) is 11.3 Å². The zero-order valence-electron chi connectivity index (χ0n) is 17.1. The van der Waals surface area contributed by atoms with Crippen molar-refractivity contribution in [3.63, 3.8) is 0 Å². The Bertz CT molecular complexity index is 932. The van der Waals surface area contributed by atoms with Gasteiger partial charge in [-0.05, 0) is 49.1 Å². The van der Waals surface area contributed by atoms with Crippen molar-refractivity contribution in [3.8, 4) is 5.75 Å². The Morgan fingerprint density at radius 2 is 1.97 bits per heavy atom. The molecule has 1 fully saturated rings. The van der Waals surface area contributed by atoms with Crippen LogP contribution in [0.5, 0.6) is 5.75 Å². The summed E-state index contributed by atoms with van der Waals surface area (Å²) in [4.78, 5) is 27.5. The summed E-state index contributed by atoms with van der Waals surface area (Å²) in [5, 5.41) is 12.4. The molecule has 2 N–H and O–H groups in total. The maximum Gasteiger partial charge on any atom is 0.345 e. The molecule has 160 valence electrons. The fourth-order valence-corrected chi connectivity index (χ4v) is 5.33. The summed E-state index contributed by atoms with van der Waals surface area (Å²) in [6.07, 6.45) is 2.08. The van der Waals surface area contributed by atoms with Crippen LogP contribution in [0.4, 0.5) is 4.79 Å². The SMILES string of the molecule is COc1ccc([C@@H](C)NC(=O)N2CCC3(CC2)OCCc2sc(C(=O)O)cc23)cc1. The Morgan fingerprint density at radius 3 is 2.60 bits per heavy atom. The molecule has 30 heavy (non-hydrogen) atoms. The molecule has 1 spiro atoms. The van der Waals surface area contributed by atoms with Gasteiger partial charge >= 0.3 is 12.0 Å². The van der Waals surface area contributed by atoms with Crippen molar-refractivity contribution in [2.24, 2.45) is 0 Å². The molecule has 2 aliphatic heterocycles. The number of nitrogens with zero attached hydrogens (tertiary/aromatic N) is 1. The molecular weight excluding hydrogens is 404 g/mol. The number of aromatic carboxylic acids is 1. The maximum absolute atomic E-state index is 12.8. The van der Waals surface area contributed by atoms with Crippen LogP contribution in [0.25, 0.3) is 0 Å². The van der Waals surface area contributed by atoms with E-state index in [9.17, 15) is 14.7 Å². The highest BCUT2D eigenvalue weighted by atomic mass is 32.1. The van der Waals surface area contributed by atoms with E-state index in [0.29, 0.717) is 37.4 Å². The van der Waals surface area contributed by atoms with Crippen molar-refractivity contribution < 1.29 is 24.2 Å². The number of fused-ring (bicyclic) bond motifs is 2. The molecule has 2 amide bonds. The summed E-state index contributed by atoms with van der Waals surface area (Å²) in [6.45, 7) is 3.69. The standard InChI is InChI=1S/C22H26N2O5S/c1-14(15-3-5-16(28-2)6-4-15)23-21(27)24-10-8-22(9-11-24)17-13-19(20(25)26)30-18(17)7-12-29-22/h3-6,13-14H,7-12H2,1-2H3,(H,23,27)(H,25,26)/t14-/m1/s1. The summed E-state index contributed by atoms with van der Waals surface area (Å²) < 4.78 is 11.4. The molecule has 0 unspecified atom stereocenters. The molecule has 3 heterocycles. The number of hydrogen-bond donors (Lipinski definition) is 2. The first-order valence-electron chi connectivity index (χ1n) is 10.1. The van der Waals surface area contributed by atoms with E-state index in [-0.39, 0.29) is 12.1 Å². The second-order valence-electron chi connectivity index (χ2n) is 7.78. The maximum atomic E-state index is 12.8. The van der Waals surface area contributed by atoms with Crippen molar-refractivity contribution in [3.05, 3.63) is 51.2 Å². The second-order valence-corrected chi connectivity index (χ2v) is 8.91. The summed E-state index contributed by atoms with van der Waals surface area (Å²) in [6, 6.07) is 9.21. The third kappa shape index (κ3) is 3.89. The van der Waals surface area contributed by atoms with Gasteiger partial charge < -0.3 is 24.8 Å². The first kappa shape index (κ1) is 20.7. The summed E-state index contributed by atoms with van der Waals surface area (Å²) >= 11 is 1.35. The first-order valence-corrected chi connectivity index (χ1v) is 10.9. The van der Waals surface area contributed by atoms with Crippen LogP contribution in [0.1, 0.15) is 51.5 Å². The molecule has 4 rings (SSSR count). The zero-order chi connectivity index (χ0) is 21.3. The highest BCUT2D eigenvalue weighted by molar-refractivity contribution is 7.14. The predicted octanol–water partition coefficient (Wildman–Crippen LogP) is 3.79. The zero-order valence-corrected chi connectivity index (χ0v) is 18.0. The highest BCUT2D eigenvalue weighted by Gasteiger charge is 2.43. The summed E-state index contributed by atoms with van der Waals surface area (Å²) in [7, 11) is 1.63. The lowest BCUT2D eigenvalue weighted by atomic mass is 9.82. The van der Waals surface area contributed by atoms with Gasteiger partial charge in [0.05, 0.1) is 25.4 Å². The van der Waals surface area contributed by atoms with E-state index in [2.05, 4.69) is 5.32 Å². The smallest absolute Gasteiger partial charge is 0.345 e. The number of carbonyl (C=O) groups excluding carboxylic acids is 1. The van der Waals surface area contributed by atoms with E-state index in [1.54, 1.807) is 13.2 Å². The van der Waals surface area contributed by atoms with Gasteiger partial charge in [0.2, 0.25) is 0 Å². The Hall–Kier alpha value is -2.58. The third-order valence-electron chi connectivity index (χ3n) is 6.03. The molecule has 1 saturated heterocycles. The number of carbonyl (C=O) groups is 2. The number of benzene rings is 1. The molecule has 0 bridgehead atoms. The van der Waals surface area contributed by atoms with Crippen molar-refractivity contribution in [1.82, 2.24) is 10.2 Å². The van der Waals surface area contributed by atoms with E-state index in [0.717, 1.165) is 28.2 Å². The number of methoxy groups -OCH3 is 1. The monoisotopic (exact) mass is 430 g/mol. The topological polar surface area (TPSA) is 88.1 Å². The summed E-state index contributed by atoms with van der Waals surface area (Å²) in [5.41, 5.74) is 1.54. The summed E-state index contributed by atoms with van der Waals surface area (Å²) in [5.74, 6) is -0.112. The van der Waals surface area contributed by atoms with Crippen molar-refractivity contribution in [2.75, 3.05) is 26.8 Å². The van der Waals surface area contributed by atoms with Crippen LogP contribution in [0.3, 0.4) is 0 Å². The number of carboxylic acids is 1. The number of nitrogens with one attached hydrogen (secondary N) is 1. The van der Waals surface area contributed by atoms with Crippen LogP contribution < -0.4 is 10.1 Å². The van der Waals surface area contributed by atoms with Gasteiger partial charge in [-0.15, -0.1) is 11.3 Å². The van der Waals surface area contributed by atoms with Gasteiger partial charge in [-0.1, -0.05) is 12.1 Å².